The van der Waals surface area contributed by atoms with Crippen molar-refractivity contribution in [1.29, 1.82) is 0 Å². The number of carbonyl (C=O) groups is 2. The molecule has 2 aromatic carbocycles. The SMILES string of the molecule is Cc1nonc1C1CCCN1C(=O)c1ccc2nc(-c3ccc(Cl)cc3)c(CCCCC(=O)O)nc2c1. The molecule has 1 aliphatic rings. The van der Waals surface area contributed by atoms with Crippen LogP contribution < -0.4 is 0 Å². The molecule has 1 atom stereocenters. The summed E-state index contributed by atoms with van der Waals surface area (Å²) in [5, 5.41) is 17.5. The Kier molecular flexibility index (Phi) is 7.14. The van der Waals surface area contributed by atoms with E-state index in [1.165, 1.54) is 0 Å². The number of likely N-dealkylation sites (tertiary alicyclic amines) is 1. The third-order valence-corrected chi connectivity index (χ3v) is 6.92. The number of rotatable bonds is 8. The molecule has 5 rings (SSSR count). The zero-order chi connectivity index (χ0) is 25.9. The van der Waals surface area contributed by atoms with Gasteiger partial charge in [0.15, 0.2) is 0 Å². The number of amides is 1. The number of fused-ring (bicyclic) bond motifs is 1. The highest BCUT2D eigenvalue weighted by Crippen LogP contribution is 2.34. The van der Waals surface area contributed by atoms with Crippen molar-refractivity contribution < 1.29 is 19.3 Å². The van der Waals surface area contributed by atoms with Gasteiger partial charge in [0, 0.05) is 29.1 Å². The van der Waals surface area contributed by atoms with Gasteiger partial charge in [-0.1, -0.05) is 34.0 Å². The zero-order valence-electron chi connectivity index (χ0n) is 20.4. The van der Waals surface area contributed by atoms with E-state index in [2.05, 4.69) is 10.3 Å². The van der Waals surface area contributed by atoms with Crippen molar-refractivity contribution in [3.63, 3.8) is 0 Å². The van der Waals surface area contributed by atoms with E-state index in [0.29, 0.717) is 58.8 Å². The molecule has 10 heteroatoms. The second-order valence-corrected chi connectivity index (χ2v) is 9.66. The number of nitrogens with zero attached hydrogens (tertiary/aromatic N) is 5. The van der Waals surface area contributed by atoms with Crippen LogP contribution in [0, 0.1) is 6.92 Å². The highest BCUT2D eigenvalue weighted by atomic mass is 35.5. The first-order valence-corrected chi connectivity index (χ1v) is 12.7. The third kappa shape index (κ3) is 5.32. The van der Waals surface area contributed by atoms with E-state index in [0.717, 1.165) is 29.8 Å². The number of aromatic nitrogens is 4. The fourth-order valence-corrected chi connectivity index (χ4v) is 4.93. The normalized spacial score (nSPS) is 15.4. The molecular weight excluding hydrogens is 494 g/mol. The molecule has 1 unspecified atom stereocenters. The second kappa shape index (κ2) is 10.6. The van der Waals surface area contributed by atoms with Crippen LogP contribution in [-0.4, -0.2) is 48.7 Å². The Balaban J connectivity index is 1.47. The second-order valence-electron chi connectivity index (χ2n) is 9.22. The smallest absolute Gasteiger partial charge is 0.303 e. The first-order valence-electron chi connectivity index (χ1n) is 12.3. The van der Waals surface area contributed by atoms with Crippen LogP contribution >= 0.6 is 11.6 Å². The Morgan fingerprint density at radius 1 is 1.08 bits per heavy atom. The van der Waals surface area contributed by atoms with Crippen LogP contribution in [0.15, 0.2) is 47.1 Å². The summed E-state index contributed by atoms with van der Waals surface area (Å²) >= 11 is 6.08. The van der Waals surface area contributed by atoms with E-state index >= 15 is 0 Å². The first kappa shape index (κ1) is 24.8. The lowest BCUT2D eigenvalue weighted by atomic mass is 10.0. The Hall–Kier alpha value is -3.85. The van der Waals surface area contributed by atoms with Gasteiger partial charge in [0.25, 0.3) is 5.91 Å². The lowest BCUT2D eigenvalue weighted by molar-refractivity contribution is -0.137. The maximum Gasteiger partial charge on any atom is 0.303 e. The van der Waals surface area contributed by atoms with Crippen LogP contribution in [0.5, 0.6) is 0 Å². The molecule has 37 heavy (non-hydrogen) atoms. The molecule has 3 heterocycles. The summed E-state index contributed by atoms with van der Waals surface area (Å²) in [6.45, 7) is 2.46. The summed E-state index contributed by atoms with van der Waals surface area (Å²) in [7, 11) is 0. The average Bonchev–Trinajstić information content (AvgIpc) is 3.54. The minimum Gasteiger partial charge on any atom is -0.481 e. The Labute approximate surface area is 218 Å². The van der Waals surface area contributed by atoms with E-state index in [-0.39, 0.29) is 18.4 Å². The lowest BCUT2D eigenvalue weighted by Gasteiger charge is -2.23. The quantitative estimate of drug-likeness (QED) is 0.306. The fourth-order valence-electron chi connectivity index (χ4n) is 4.81. The number of aliphatic carboxylic acids is 1. The molecule has 1 fully saturated rings. The van der Waals surface area contributed by atoms with Gasteiger partial charge in [0.1, 0.15) is 11.4 Å². The van der Waals surface area contributed by atoms with Crippen LogP contribution in [0.3, 0.4) is 0 Å². The van der Waals surface area contributed by atoms with Gasteiger partial charge in [-0.25, -0.2) is 14.6 Å². The minimum atomic E-state index is -0.817. The van der Waals surface area contributed by atoms with Crippen molar-refractivity contribution in [3.8, 4) is 11.3 Å². The molecule has 1 amide bonds. The fraction of sp³-hybridized carbons (Fsp3) is 0.333. The first-order chi connectivity index (χ1) is 17.9. The van der Waals surface area contributed by atoms with E-state index in [9.17, 15) is 9.59 Å². The van der Waals surface area contributed by atoms with Gasteiger partial charge in [0.2, 0.25) is 0 Å². The topological polar surface area (TPSA) is 122 Å². The largest absolute Gasteiger partial charge is 0.481 e. The average molecular weight is 520 g/mol. The van der Waals surface area contributed by atoms with Gasteiger partial charge < -0.3 is 10.0 Å². The molecule has 0 radical (unpaired) electrons. The van der Waals surface area contributed by atoms with Crippen LogP contribution in [0.4, 0.5) is 0 Å². The Morgan fingerprint density at radius 2 is 1.89 bits per heavy atom. The molecule has 1 aliphatic heterocycles. The minimum absolute atomic E-state index is 0.0987. The number of hydrogen-bond acceptors (Lipinski definition) is 7. The molecule has 0 saturated carbocycles. The summed E-state index contributed by atoms with van der Waals surface area (Å²) in [5.41, 5.74) is 5.57. The number of carbonyl (C=O) groups excluding carboxylic acids is 1. The molecule has 4 aromatic rings. The maximum absolute atomic E-state index is 13.5. The molecule has 1 N–H and O–H groups in total. The maximum atomic E-state index is 13.5. The van der Waals surface area contributed by atoms with Gasteiger partial charge in [-0.2, -0.15) is 0 Å². The third-order valence-electron chi connectivity index (χ3n) is 6.67. The van der Waals surface area contributed by atoms with Crippen molar-refractivity contribution in [2.24, 2.45) is 0 Å². The zero-order valence-corrected chi connectivity index (χ0v) is 21.1. The van der Waals surface area contributed by atoms with Gasteiger partial charge in [0.05, 0.1) is 28.5 Å². The van der Waals surface area contributed by atoms with Crippen molar-refractivity contribution in [2.75, 3.05) is 6.54 Å². The van der Waals surface area contributed by atoms with Crippen LogP contribution in [0.1, 0.15) is 65.6 Å². The molecule has 9 nitrogen and oxygen atoms in total. The summed E-state index contributed by atoms with van der Waals surface area (Å²) in [5.74, 6) is -0.916. The molecular formula is C27H26ClN5O4. The number of benzene rings is 2. The van der Waals surface area contributed by atoms with Gasteiger partial charge >= 0.3 is 5.97 Å². The number of carboxylic acid groups (broad SMARTS) is 1. The highest BCUT2D eigenvalue weighted by molar-refractivity contribution is 6.30. The Morgan fingerprint density at radius 3 is 2.62 bits per heavy atom. The molecule has 0 spiro atoms. The number of aryl methyl sites for hydroxylation is 2. The molecule has 0 aliphatic carbocycles. The van der Waals surface area contributed by atoms with Crippen LogP contribution in [0.25, 0.3) is 22.3 Å². The summed E-state index contributed by atoms with van der Waals surface area (Å²) < 4.78 is 4.87. The monoisotopic (exact) mass is 519 g/mol. The number of halogens is 1. The van der Waals surface area contributed by atoms with Crippen molar-refractivity contribution in [2.45, 2.75) is 51.5 Å². The van der Waals surface area contributed by atoms with E-state index < -0.39 is 5.97 Å². The van der Waals surface area contributed by atoms with Gasteiger partial charge in [-0.3, -0.25) is 9.59 Å². The number of unbranched alkanes of at least 4 members (excludes halogenated alkanes) is 1. The predicted molar refractivity (Wildman–Crippen MR) is 137 cm³/mol. The molecule has 0 bridgehead atoms. The summed E-state index contributed by atoms with van der Waals surface area (Å²) in [4.78, 5) is 36.0. The van der Waals surface area contributed by atoms with Gasteiger partial charge in [-0.15, -0.1) is 0 Å². The van der Waals surface area contributed by atoms with Crippen molar-refractivity contribution in [3.05, 3.63) is 70.1 Å². The molecule has 190 valence electrons. The van der Waals surface area contributed by atoms with Crippen molar-refractivity contribution >= 4 is 34.5 Å². The number of hydrogen-bond donors (Lipinski definition) is 1. The van der Waals surface area contributed by atoms with Crippen LogP contribution in [-0.2, 0) is 11.2 Å². The predicted octanol–water partition coefficient (Wildman–Crippen LogP) is 5.42. The van der Waals surface area contributed by atoms with E-state index in [4.69, 9.17) is 31.3 Å². The highest BCUT2D eigenvalue weighted by Gasteiger charge is 2.34. The van der Waals surface area contributed by atoms with E-state index in [1.54, 1.807) is 24.3 Å². The van der Waals surface area contributed by atoms with Crippen molar-refractivity contribution in [1.82, 2.24) is 25.2 Å². The lowest BCUT2D eigenvalue weighted by Crippen LogP contribution is -2.31. The van der Waals surface area contributed by atoms with Crippen LogP contribution in [0.2, 0.25) is 5.02 Å². The van der Waals surface area contributed by atoms with E-state index in [1.807, 2.05) is 30.0 Å². The van der Waals surface area contributed by atoms with Gasteiger partial charge in [-0.05, 0) is 69.4 Å². The molecule has 1 saturated heterocycles. The number of carboxylic acids is 1. The Bertz CT molecular complexity index is 1450. The molecule has 2 aromatic heterocycles. The summed E-state index contributed by atoms with van der Waals surface area (Å²) in [6.07, 6.45) is 3.55. The summed E-state index contributed by atoms with van der Waals surface area (Å²) in [6, 6.07) is 12.6. The standard InChI is InChI=1S/C27H26ClN5O4/c1-16-25(32-37-31-16)23-6-4-14-33(23)27(36)18-10-13-20-22(15-18)29-21(5-2-3-7-24(34)35)26(30-20)17-8-11-19(28)12-9-17/h8-13,15,23H,2-7,14H2,1H3,(H,34,35).